The van der Waals surface area contributed by atoms with Crippen molar-refractivity contribution in [3.63, 3.8) is 0 Å². The molecule has 2 heterocycles. The Labute approximate surface area is 206 Å². The molecule has 0 spiro atoms. The minimum atomic E-state index is -0.418. The van der Waals surface area contributed by atoms with Gasteiger partial charge in [-0.2, -0.15) is 0 Å². The smallest absolute Gasteiger partial charge is 0.282 e. The number of benzene rings is 3. The lowest BCUT2D eigenvalue weighted by molar-refractivity contribution is 0.195. The number of aromatic hydroxyl groups is 1. The van der Waals surface area contributed by atoms with Crippen molar-refractivity contribution in [2.24, 2.45) is 0 Å². The molecule has 4 aromatic rings. The number of ether oxygens (including phenoxy) is 1. The first-order valence-corrected chi connectivity index (χ1v) is 12.2. The van der Waals surface area contributed by atoms with Crippen LogP contribution in [0.1, 0.15) is 23.6 Å². The van der Waals surface area contributed by atoms with Crippen LogP contribution in [0.2, 0.25) is 5.02 Å². The minimum absolute atomic E-state index is 0.130. The summed E-state index contributed by atoms with van der Waals surface area (Å²) in [5, 5.41) is 18.0. The topological polar surface area (TPSA) is 79.3 Å². The van der Waals surface area contributed by atoms with Crippen LogP contribution in [0.3, 0.4) is 0 Å². The molecule has 0 saturated carbocycles. The van der Waals surface area contributed by atoms with E-state index in [0.717, 1.165) is 41.6 Å². The highest BCUT2D eigenvalue weighted by atomic mass is 35.5. The number of aromatic amines is 1. The van der Waals surface area contributed by atoms with Crippen LogP contribution in [0.25, 0.3) is 0 Å². The second-order valence-corrected chi connectivity index (χ2v) is 9.60. The van der Waals surface area contributed by atoms with Gasteiger partial charge in [-0.1, -0.05) is 78.0 Å². The Hall–Kier alpha value is -3.13. The van der Waals surface area contributed by atoms with Crippen LogP contribution in [0.15, 0.2) is 93.4 Å². The molecule has 1 fully saturated rings. The predicted molar refractivity (Wildman–Crippen MR) is 135 cm³/mol. The minimum Gasteiger partial charge on any atom is -0.493 e. The Bertz CT molecular complexity index is 1320. The van der Waals surface area contributed by atoms with Gasteiger partial charge in [-0.15, -0.1) is 0 Å². The Kier molecular flexibility index (Phi) is 6.67. The van der Waals surface area contributed by atoms with E-state index in [1.54, 1.807) is 6.07 Å². The van der Waals surface area contributed by atoms with Gasteiger partial charge < -0.3 is 15.2 Å². The molecule has 6 nitrogen and oxygen atoms in total. The molecule has 1 aromatic heterocycles. The lowest BCUT2D eigenvalue weighted by atomic mass is 9.98. The van der Waals surface area contributed by atoms with E-state index in [0.29, 0.717) is 22.6 Å². The van der Waals surface area contributed by atoms with Crippen molar-refractivity contribution in [1.29, 1.82) is 0 Å². The molecule has 8 heteroatoms. The van der Waals surface area contributed by atoms with E-state index in [1.807, 2.05) is 72.8 Å². The zero-order chi connectivity index (χ0) is 23.5. The number of nitrogens with one attached hydrogen (secondary N) is 2. The van der Waals surface area contributed by atoms with Crippen LogP contribution >= 0.6 is 23.4 Å². The fraction of sp³-hybridized carbons (Fsp3) is 0.192. The van der Waals surface area contributed by atoms with E-state index in [9.17, 15) is 9.90 Å². The Morgan fingerprint density at radius 1 is 1.03 bits per heavy atom. The van der Waals surface area contributed by atoms with Crippen LogP contribution < -0.4 is 10.9 Å². The van der Waals surface area contributed by atoms with Crippen LogP contribution in [0, 0.1) is 0 Å². The SMILES string of the molecule is O=c1[nH]n(C(c2ccccc2)c2ccc(N[C@H]3CCOC3)cc2)c(O)c1Sc1ccccc1Cl. The van der Waals surface area contributed by atoms with Gasteiger partial charge in [0.2, 0.25) is 5.88 Å². The fourth-order valence-corrected chi connectivity index (χ4v) is 5.22. The maximum Gasteiger partial charge on any atom is 0.282 e. The molecular formula is C26H24ClN3O3S. The van der Waals surface area contributed by atoms with Crippen molar-refractivity contribution in [2.75, 3.05) is 18.5 Å². The standard InChI is InChI=1S/C26H24ClN3O3S/c27-21-8-4-5-9-22(21)34-24-25(31)29-30(26(24)32)23(17-6-2-1-3-7-17)18-10-12-19(13-11-18)28-20-14-15-33-16-20/h1-13,20,23,28,32H,14-16H2,(H,29,31)/t20-,23?/m0/s1. The number of rotatable bonds is 7. The first-order valence-electron chi connectivity index (χ1n) is 11.0. The molecule has 0 aliphatic carbocycles. The van der Waals surface area contributed by atoms with Gasteiger partial charge in [-0.05, 0) is 41.8 Å². The Morgan fingerprint density at radius 3 is 2.44 bits per heavy atom. The third kappa shape index (κ3) is 4.73. The molecule has 174 valence electrons. The molecule has 2 atom stereocenters. The number of halogens is 1. The monoisotopic (exact) mass is 493 g/mol. The molecule has 1 aliphatic rings. The van der Waals surface area contributed by atoms with Crippen molar-refractivity contribution >= 4 is 29.1 Å². The van der Waals surface area contributed by atoms with Gasteiger partial charge in [0, 0.05) is 17.2 Å². The Morgan fingerprint density at radius 2 is 1.74 bits per heavy atom. The molecule has 1 saturated heterocycles. The highest BCUT2D eigenvalue weighted by molar-refractivity contribution is 7.99. The summed E-state index contributed by atoms with van der Waals surface area (Å²) in [6, 6.07) is 25.0. The van der Waals surface area contributed by atoms with Gasteiger partial charge in [-0.3, -0.25) is 9.89 Å². The number of aromatic nitrogens is 2. The maximum atomic E-state index is 12.9. The molecule has 3 aromatic carbocycles. The van der Waals surface area contributed by atoms with Gasteiger partial charge in [0.25, 0.3) is 5.56 Å². The first-order chi connectivity index (χ1) is 16.6. The third-order valence-corrected chi connectivity index (χ3v) is 7.40. The summed E-state index contributed by atoms with van der Waals surface area (Å²) in [6.07, 6.45) is 0.985. The van der Waals surface area contributed by atoms with Crippen LogP contribution in [-0.4, -0.2) is 34.1 Å². The second kappa shape index (κ2) is 10.0. The number of anilines is 1. The number of hydrogen-bond acceptors (Lipinski definition) is 5. The summed E-state index contributed by atoms with van der Waals surface area (Å²) in [5.41, 5.74) is 2.49. The average Bonchev–Trinajstić information content (AvgIpc) is 3.46. The van der Waals surface area contributed by atoms with Crippen molar-refractivity contribution < 1.29 is 9.84 Å². The van der Waals surface area contributed by atoms with Crippen LogP contribution in [0.4, 0.5) is 5.69 Å². The summed E-state index contributed by atoms with van der Waals surface area (Å²) in [7, 11) is 0. The van der Waals surface area contributed by atoms with Crippen molar-refractivity contribution in [3.05, 3.63) is 105 Å². The van der Waals surface area contributed by atoms with Gasteiger partial charge in [0.05, 0.1) is 17.7 Å². The van der Waals surface area contributed by atoms with Gasteiger partial charge in [0.1, 0.15) is 10.9 Å². The second-order valence-electron chi connectivity index (χ2n) is 8.14. The van der Waals surface area contributed by atoms with E-state index in [2.05, 4.69) is 10.4 Å². The fourth-order valence-electron chi connectivity index (χ4n) is 4.11. The summed E-state index contributed by atoms with van der Waals surface area (Å²) >= 11 is 7.43. The van der Waals surface area contributed by atoms with Gasteiger partial charge in [0.15, 0.2) is 0 Å². The molecular weight excluding hydrogens is 470 g/mol. The summed E-state index contributed by atoms with van der Waals surface area (Å²) < 4.78 is 6.96. The number of H-pyrrole nitrogens is 1. The van der Waals surface area contributed by atoms with Crippen LogP contribution in [-0.2, 0) is 4.74 Å². The zero-order valence-electron chi connectivity index (χ0n) is 18.3. The molecule has 0 radical (unpaired) electrons. The molecule has 3 N–H and O–H groups in total. The zero-order valence-corrected chi connectivity index (χ0v) is 19.9. The molecule has 5 rings (SSSR count). The normalized spacial score (nSPS) is 16.4. The maximum absolute atomic E-state index is 12.9. The van der Waals surface area contributed by atoms with Gasteiger partial charge in [-0.25, -0.2) is 4.68 Å². The predicted octanol–water partition coefficient (Wildman–Crippen LogP) is 5.53. The van der Waals surface area contributed by atoms with E-state index < -0.39 is 6.04 Å². The highest BCUT2D eigenvalue weighted by Crippen LogP contribution is 2.38. The van der Waals surface area contributed by atoms with E-state index in [-0.39, 0.29) is 16.3 Å². The Balaban J connectivity index is 1.51. The average molecular weight is 494 g/mol. The first kappa shape index (κ1) is 22.7. The molecule has 0 bridgehead atoms. The number of hydrogen-bond donors (Lipinski definition) is 3. The van der Waals surface area contributed by atoms with Crippen molar-refractivity contribution in [3.8, 4) is 5.88 Å². The lowest BCUT2D eigenvalue weighted by Crippen LogP contribution is -2.19. The van der Waals surface area contributed by atoms with Crippen molar-refractivity contribution in [2.45, 2.75) is 28.3 Å². The van der Waals surface area contributed by atoms with E-state index in [4.69, 9.17) is 16.3 Å². The molecule has 1 unspecified atom stereocenters. The summed E-state index contributed by atoms with van der Waals surface area (Å²) in [6.45, 7) is 1.49. The summed E-state index contributed by atoms with van der Waals surface area (Å²) in [5.74, 6) is -0.130. The molecule has 1 aliphatic heterocycles. The van der Waals surface area contributed by atoms with Crippen LogP contribution in [0.5, 0.6) is 5.88 Å². The summed E-state index contributed by atoms with van der Waals surface area (Å²) in [4.78, 5) is 13.8. The largest absolute Gasteiger partial charge is 0.493 e. The number of nitrogens with zero attached hydrogens (tertiary/aromatic N) is 1. The van der Waals surface area contributed by atoms with Crippen molar-refractivity contribution in [1.82, 2.24) is 9.78 Å². The third-order valence-electron chi connectivity index (χ3n) is 5.81. The lowest BCUT2D eigenvalue weighted by Gasteiger charge is -2.21. The quantitative estimate of drug-likeness (QED) is 0.315. The highest BCUT2D eigenvalue weighted by Gasteiger charge is 2.25. The van der Waals surface area contributed by atoms with E-state index >= 15 is 0 Å². The van der Waals surface area contributed by atoms with Gasteiger partial charge >= 0.3 is 0 Å². The molecule has 0 amide bonds. The van der Waals surface area contributed by atoms with E-state index in [1.165, 1.54) is 4.68 Å². The molecule has 34 heavy (non-hydrogen) atoms.